The second kappa shape index (κ2) is 5.60. The molecule has 0 radical (unpaired) electrons. The third-order valence-corrected chi connectivity index (χ3v) is 4.36. The molecular weight excluding hydrogens is 288 g/mol. The van der Waals surface area contributed by atoms with Gasteiger partial charge in [0.1, 0.15) is 0 Å². The largest absolute Gasteiger partial charge is 0.392 e. The maximum absolute atomic E-state index is 9.42. The van der Waals surface area contributed by atoms with Crippen LogP contribution in [0.3, 0.4) is 0 Å². The minimum absolute atomic E-state index is 0.159. The van der Waals surface area contributed by atoms with E-state index in [0.717, 1.165) is 26.1 Å². The first kappa shape index (κ1) is 12.5. The fourth-order valence-electron chi connectivity index (χ4n) is 2.12. The quantitative estimate of drug-likeness (QED) is 0.888. The molecule has 0 amide bonds. The first-order valence-corrected chi connectivity index (χ1v) is 7.13. The molecule has 2 N–H and O–H groups in total. The number of hydrogen-bond donors (Lipinski definition) is 2. The van der Waals surface area contributed by atoms with Gasteiger partial charge < -0.3 is 15.3 Å². The summed E-state index contributed by atoms with van der Waals surface area (Å²) in [4.78, 5) is 2.30. The van der Waals surface area contributed by atoms with Crippen molar-refractivity contribution in [3.8, 4) is 0 Å². The Labute approximate surface area is 109 Å². The molecule has 0 spiro atoms. The lowest BCUT2D eigenvalue weighted by molar-refractivity contribution is 0.189. The van der Waals surface area contributed by atoms with E-state index in [4.69, 9.17) is 0 Å². The van der Waals surface area contributed by atoms with Crippen LogP contribution in [0.25, 0.3) is 0 Å². The topological polar surface area (TPSA) is 35.5 Å². The molecule has 1 saturated heterocycles. The summed E-state index contributed by atoms with van der Waals surface area (Å²) in [5.41, 5.74) is 1.35. The normalized spacial score (nSPS) is 25.5. The van der Waals surface area contributed by atoms with Gasteiger partial charge in [-0.15, -0.1) is 11.3 Å². The average molecular weight is 305 g/mol. The van der Waals surface area contributed by atoms with E-state index in [-0.39, 0.29) is 6.10 Å². The molecule has 1 fully saturated rings. The molecule has 0 bridgehead atoms. The molecule has 3 nitrogen and oxygen atoms in total. The molecule has 1 aromatic rings. The van der Waals surface area contributed by atoms with Gasteiger partial charge in [-0.25, -0.2) is 0 Å². The number of nitrogens with one attached hydrogen (secondary N) is 1. The number of thiophene rings is 1. The molecule has 2 heterocycles. The van der Waals surface area contributed by atoms with Gasteiger partial charge in [-0.05, 0) is 46.4 Å². The van der Waals surface area contributed by atoms with Gasteiger partial charge in [-0.3, -0.25) is 0 Å². The van der Waals surface area contributed by atoms with Crippen LogP contribution >= 0.6 is 27.3 Å². The third kappa shape index (κ3) is 3.53. The van der Waals surface area contributed by atoms with Gasteiger partial charge in [0.2, 0.25) is 0 Å². The van der Waals surface area contributed by atoms with E-state index in [1.807, 2.05) is 0 Å². The Morgan fingerprint density at radius 3 is 3.06 bits per heavy atom. The Balaban J connectivity index is 1.78. The van der Waals surface area contributed by atoms with Crippen molar-refractivity contribution in [3.63, 3.8) is 0 Å². The summed E-state index contributed by atoms with van der Waals surface area (Å²) in [6.07, 6.45) is 0.714. The van der Waals surface area contributed by atoms with Crippen molar-refractivity contribution in [2.45, 2.75) is 25.1 Å². The molecule has 0 saturated carbocycles. The molecule has 1 aromatic heterocycles. The van der Waals surface area contributed by atoms with Gasteiger partial charge in [0.05, 0.1) is 9.89 Å². The average Bonchev–Trinajstić information content (AvgIpc) is 2.76. The second-order valence-electron chi connectivity index (χ2n) is 4.45. The molecule has 0 aliphatic carbocycles. The van der Waals surface area contributed by atoms with E-state index in [1.165, 1.54) is 9.35 Å². The fourth-order valence-corrected chi connectivity index (χ4v) is 3.32. The number of nitrogens with zero attached hydrogens (tertiary/aromatic N) is 1. The molecular formula is C11H17BrN2OS. The maximum Gasteiger partial charge on any atom is 0.0701 e. The lowest BCUT2D eigenvalue weighted by Gasteiger charge is -2.20. The zero-order valence-electron chi connectivity index (χ0n) is 9.32. The predicted molar refractivity (Wildman–Crippen MR) is 70.8 cm³/mol. The van der Waals surface area contributed by atoms with Gasteiger partial charge in [0.25, 0.3) is 0 Å². The van der Waals surface area contributed by atoms with Crippen molar-refractivity contribution in [1.29, 1.82) is 0 Å². The van der Waals surface area contributed by atoms with Crippen LogP contribution in [0, 0.1) is 0 Å². The van der Waals surface area contributed by atoms with E-state index in [2.05, 4.69) is 44.6 Å². The monoisotopic (exact) mass is 304 g/mol. The van der Waals surface area contributed by atoms with E-state index < -0.39 is 0 Å². The highest BCUT2D eigenvalue weighted by atomic mass is 79.9. The number of halogens is 1. The standard InChI is InChI=1S/C11H17BrN2OS/c1-14(5-8-2-11(12)16-7-8)6-9-3-10(15)4-13-9/h2,7,9-10,13,15H,3-6H2,1H3. The number of likely N-dealkylation sites (N-methyl/N-ethyl adjacent to an activating group) is 1. The number of hydrogen-bond acceptors (Lipinski definition) is 4. The number of aliphatic hydroxyl groups is 1. The van der Waals surface area contributed by atoms with Crippen LogP contribution in [0.2, 0.25) is 0 Å². The highest BCUT2D eigenvalue weighted by molar-refractivity contribution is 9.11. The Morgan fingerprint density at radius 2 is 2.50 bits per heavy atom. The third-order valence-electron chi connectivity index (χ3n) is 2.81. The summed E-state index contributed by atoms with van der Waals surface area (Å²) in [6, 6.07) is 2.60. The Bertz CT molecular complexity index is 344. The van der Waals surface area contributed by atoms with E-state index in [0.29, 0.717) is 6.04 Å². The van der Waals surface area contributed by atoms with E-state index in [1.54, 1.807) is 11.3 Å². The predicted octanol–water partition coefficient (Wildman–Crippen LogP) is 1.67. The minimum atomic E-state index is -0.159. The van der Waals surface area contributed by atoms with Crippen LogP contribution in [-0.4, -0.2) is 42.3 Å². The summed E-state index contributed by atoms with van der Waals surface area (Å²) in [6.45, 7) is 2.70. The van der Waals surface area contributed by atoms with Crippen molar-refractivity contribution < 1.29 is 5.11 Å². The first-order valence-electron chi connectivity index (χ1n) is 5.46. The maximum atomic E-state index is 9.42. The second-order valence-corrected chi connectivity index (χ2v) is 6.74. The van der Waals surface area contributed by atoms with E-state index in [9.17, 15) is 5.11 Å². The molecule has 1 aliphatic rings. The number of rotatable bonds is 4. The zero-order valence-corrected chi connectivity index (χ0v) is 11.7. The van der Waals surface area contributed by atoms with Crippen molar-refractivity contribution in [1.82, 2.24) is 10.2 Å². The van der Waals surface area contributed by atoms with Crippen LogP contribution < -0.4 is 5.32 Å². The molecule has 2 unspecified atom stereocenters. The number of β-amino-alcohol motifs (C(OH)–C–C–N with tert-alkyl or cyclic N) is 1. The van der Waals surface area contributed by atoms with Gasteiger partial charge in [0.15, 0.2) is 0 Å². The van der Waals surface area contributed by atoms with Crippen LogP contribution in [-0.2, 0) is 6.54 Å². The lowest BCUT2D eigenvalue weighted by Crippen LogP contribution is -2.34. The summed E-state index contributed by atoms with van der Waals surface area (Å²) in [5, 5.41) is 14.9. The van der Waals surface area contributed by atoms with E-state index >= 15 is 0 Å². The van der Waals surface area contributed by atoms with Crippen molar-refractivity contribution in [3.05, 3.63) is 20.8 Å². The molecule has 0 aromatic carbocycles. The minimum Gasteiger partial charge on any atom is -0.392 e. The summed E-state index contributed by atoms with van der Waals surface area (Å²) >= 11 is 5.20. The summed E-state index contributed by atoms with van der Waals surface area (Å²) < 4.78 is 1.19. The molecule has 90 valence electrons. The van der Waals surface area contributed by atoms with Crippen LogP contribution in [0.1, 0.15) is 12.0 Å². The zero-order chi connectivity index (χ0) is 11.5. The van der Waals surface area contributed by atoms with Crippen molar-refractivity contribution >= 4 is 27.3 Å². The molecule has 16 heavy (non-hydrogen) atoms. The Morgan fingerprint density at radius 1 is 1.69 bits per heavy atom. The van der Waals surface area contributed by atoms with Gasteiger partial charge in [0, 0.05) is 25.7 Å². The molecule has 5 heteroatoms. The fraction of sp³-hybridized carbons (Fsp3) is 0.636. The Kier molecular flexibility index (Phi) is 4.38. The highest BCUT2D eigenvalue weighted by Crippen LogP contribution is 2.21. The molecule has 2 rings (SSSR count). The van der Waals surface area contributed by atoms with Gasteiger partial charge in [-0.2, -0.15) is 0 Å². The molecule has 2 atom stereocenters. The summed E-state index contributed by atoms with van der Waals surface area (Å²) in [5.74, 6) is 0. The SMILES string of the molecule is CN(Cc1csc(Br)c1)CC1CC(O)CN1. The first-order chi connectivity index (χ1) is 7.63. The molecule has 1 aliphatic heterocycles. The smallest absolute Gasteiger partial charge is 0.0701 e. The Hall–Kier alpha value is 0.0600. The van der Waals surface area contributed by atoms with Crippen LogP contribution in [0.15, 0.2) is 15.2 Å². The lowest BCUT2D eigenvalue weighted by atomic mass is 10.2. The van der Waals surface area contributed by atoms with Gasteiger partial charge in [-0.1, -0.05) is 0 Å². The van der Waals surface area contributed by atoms with Crippen molar-refractivity contribution in [2.24, 2.45) is 0 Å². The van der Waals surface area contributed by atoms with Crippen LogP contribution in [0.5, 0.6) is 0 Å². The highest BCUT2D eigenvalue weighted by Gasteiger charge is 2.22. The number of aliphatic hydroxyl groups excluding tert-OH is 1. The van der Waals surface area contributed by atoms with Crippen molar-refractivity contribution in [2.75, 3.05) is 20.1 Å². The summed E-state index contributed by atoms with van der Waals surface area (Å²) in [7, 11) is 2.12. The van der Waals surface area contributed by atoms with Crippen LogP contribution in [0.4, 0.5) is 0 Å². The van der Waals surface area contributed by atoms with Gasteiger partial charge >= 0.3 is 0 Å².